The number of rotatable bonds is 12. The minimum Gasteiger partial charge on any atom is -0.432 e. The van der Waals surface area contributed by atoms with Gasteiger partial charge in [0.1, 0.15) is 97.7 Å². The maximum Gasteiger partial charge on any atom is 0.314 e. The number of carbonyl (C=O) groups excluding carboxylic acids is 1. The van der Waals surface area contributed by atoms with E-state index in [1.807, 2.05) is 6.92 Å². The lowest BCUT2D eigenvalue weighted by Crippen LogP contribution is -2.68. The SMILES string of the molecule is C=C1C[C@@]23CC[C@H]4[C@@](C)(CCC[C@@]4(C)C(=O)O[C@@H]4O[C@H](CO)[C@@H](O)[C@H](O)[C@H]4O)[C@@H]2CC[C@]1(O[C@@H]1O[C@H](CO)[C@@H](O)[C@H](OC2O[C@H](CO)[C@@H](O)[C@H](O)[C@H]2O)[C@H]1OC1O[C@H](CO)[C@@H](O)[C@H](O)[C@H]1O)C3. The van der Waals surface area contributed by atoms with E-state index in [0.29, 0.717) is 56.9 Å². The van der Waals surface area contributed by atoms with Gasteiger partial charge in [-0.3, -0.25) is 4.79 Å². The van der Waals surface area contributed by atoms with E-state index < -0.39 is 177 Å². The van der Waals surface area contributed by atoms with Crippen molar-refractivity contribution >= 4 is 5.97 Å². The molecule has 384 valence electrons. The summed E-state index contributed by atoms with van der Waals surface area (Å²) in [6.45, 7) is 5.41. The zero-order chi connectivity index (χ0) is 48.7. The molecule has 26 atom stereocenters. The summed E-state index contributed by atoms with van der Waals surface area (Å²) in [5.41, 5.74) is -2.33. The van der Waals surface area contributed by atoms with Gasteiger partial charge < -0.3 is 109 Å². The van der Waals surface area contributed by atoms with Crippen LogP contribution in [0, 0.1) is 28.1 Å². The molecule has 4 saturated heterocycles. The number of ether oxygens (including phenoxy) is 8. The second-order valence-corrected chi connectivity index (χ2v) is 20.8. The van der Waals surface area contributed by atoms with Gasteiger partial charge in [-0.05, 0) is 86.5 Å². The highest BCUT2D eigenvalue weighted by atomic mass is 16.8. The van der Waals surface area contributed by atoms with Crippen molar-refractivity contribution in [2.75, 3.05) is 26.4 Å². The number of fused-ring (bicyclic) bond motifs is 3. The summed E-state index contributed by atoms with van der Waals surface area (Å²) in [5, 5.41) is 148. The van der Waals surface area contributed by atoms with Crippen molar-refractivity contribution in [2.24, 2.45) is 28.1 Å². The fourth-order valence-electron chi connectivity index (χ4n) is 13.5. The quantitative estimate of drug-likeness (QED) is 0.0494. The van der Waals surface area contributed by atoms with Crippen LogP contribution in [0.3, 0.4) is 0 Å². The van der Waals surface area contributed by atoms with Gasteiger partial charge in [-0.25, -0.2) is 0 Å². The van der Waals surface area contributed by atoms with E-state index in [-0.39, 0.29) is 11.8 Å². The molecule has 4 aliphatic heterocycles. The van der Waals surface area contributed by atoms with E-state index in [9.17, 15) is 76.3 Å². The van der Waals surface area contributed by atoms with Crippen molar-refractivity contribution in [1.82, 2.24) is 0 Å². The van der Waals surface area contributed by atoms with E-state index in [1.165, 1.54) is 0 Å². The normalized spacial score (nSPS) is 54.5. The van der Waals surface area contributed by atoms with Crippen LogP contribution in [-0.2, 0) is 42.7 Å². The van der Waals surface area contributed by atoms with Gasteiger partial charge in [-0.15, -0.1) is 0 Å². The number of aliphatic hydroxyl groups excluding tert-OH is 14. The van der Waals surface area contributed by atoms with Crippen molar-refractivity contribution in [2.45, 2.75) is 200 Å². The van der Waals surface area contributed by atoms with Crippen LogP contribution in [0.2, 0.25) is 0 Å². The van der Waals surface area contributed by atoms with Crippen LogP contribution in [0.5, 0.6) is 0 Å². The van der Waals surface area contributed by atoms with Gasteiger partial charge in [0.25, 0.3) is 0 Å². The lowest BCUT2D eigenvalue weighted by molar-refractivity contribution is -0.400. The van der Waals surface area contributed by atoms with Crippen LogP contribution in [0.1, 0.15) is 71.6 Å². The van der Waals surface area contributed by atoms with Gasteiger partial charge in [0.15, 0.2) is 18.9 Å². The molecule has 23 nitrogen and oxygen atoms in total. The van der Waals surface area contributed by atoms with Crippen molar-refractivity contribution in [3.63, 3.8) is 0 Å². The maximum atomic E-state index is 14.3. The first-order chi connectivity index (χ1) is 31.6. The lowest BCUT2D eigenvalue weighted by atomic mass is 9.41. The maximum absolute atomic E-state index is 14.3. The fraction of sp³-hybridized carbons (Fsp3) is 0.932. The van der Waals surface area contributed by atoms with Crippen molar-refractivity contribution in [3.05, 3.63) is 12.2 Å². The molecule has 8 aliphatic rings. The van der Waals surface area contributed by atoms with Crippen LogP contribution >= 0.6 is 0 Å². The third kappa shape index (κ3) is 8.63. The lowest BCUT2D eigenvalue weighted by Gasteiger charge is -2.64. The first-order valence-corrected chi connectivity index (χ1v) is 23.4. The highest BCUT2D eigenvalue weighted by Crippen LogP contribution is 2.74. The molecule has 67 heavy (non-hydrogen) atoms. The van der Waals surface area contributed by atoms with E-state index in [2.05, 4.69) is 13.5 Å². The molecule has 0 aromatic heterocycles. The first-order valence-electron chi connectivity index (χ1n) is 23.4. The molecule has 0 aromatic rings. The summed E-state index contributed by atoms with van der Waals surface area (Å²) in [6.07, 6.45) is -29.1. The molecule has 2 bridgehead atoms. The molecule has 0 amide bonds. The third-order valence-electron chi connectivity index (χ3n) is 17.1. The minimum absolute atomic E-state index is 0.0251. The zero-order valence-electron chi connectivity index (χ0n) is 37.5. The number of aliphatic hydroxyl groups is 14. The van der Waals surface area contributed by atoms with Crippen LogP contribution in [0.4, 0.5) is 0 Å². The Kier molecular flexibility index (Phi) is 15.0. The smallest absolute Gasteiger partial charge is 0.314 e. The molecule has 8 fully saturated rings. The van der Waals surface area contributed by atoms with Crippen molar-refractivity contribution < 1.29 is 114 Å². The number of esters is 1. The molecular weight excluding hydrogens is 896 g/mol. The Morgan fingerprint density at radius 2 is 1.03 bits per heavy atom. The standard InChI is InChI=1S/C44H70O23/c1-17-11-43-9-5-22-41(2,7-4-8-42(22,3)40(59)66-38-33(58)30(55)26(51)20(14-47)62-38)23(43)6-10-44(17,16-43)67-39-35(65-37-32(57)29(54)25(50)19(13-46)61-37)34(27(52)21(15-48)63-39)64-36-31(56)28(53)24(49)18(12-45)60-36/h18-39,45-58H,1,4-16H2,2-3H3/t18-,19-,20-,21-,22+,23+,24-,25-,26-,27-,28+,29+,30+,31-,32-,33-,34+,35-,36?,37?,38+,39+,41-,42-,43-,44+/m1/s1. The second-order valence-electron chi connectivity index (χ2n) is 20.8. The average Bonchev–Trinajstić information content (AvgIpc) is 3.50. The highest BCUT2D eigenvalue weighted by Gasteiger charge is 2.70. The Bertz CT molecular complexity index is 1760. The topological polar surface area (TPSA) is 374 Å². The second kappa shape index (κ2) is 19.4. The molecule has 0 aromatic carbocycles. The van der Waals surface area contributed by atoms with Crippen LogP contribution in [-0.4, -0.2) is 232 Å². The predicted octanol–water partition coefficient (Wildman–Crippen LogP) is -5.11. The number of hydrogen-bond acceptors (Lipinski definition) is 23. The van der Waals surface area contributed by atoms with Gasteiger partial charge in [0, 0.05) is 0 Å². The highest BCUT2D eigenvalue weighted by molar-refractivity contribution is 5.77. The van der Waals surface area contributed by atoms with Gasteiger partial charge in [0.05, 0.1) is 37.4 Å². The van der Waals surface area contributed by atoms with Crippen molar-refractivity contribution in [3.8, 4) is 0 Å². The molecule has 4 heterocycles. The Morgan fingerprint density at radius 3 is 1.57 bits per heavy atom. The molecule has 14 N–H and O–H groups in total. The van der Waals surface area contributed by atoms with E-state index >= 15 is 0 Å². The summed E-state index contributed by atoms with van der Waals surface area (Å²) in [5.74, 6) is -0.805. The number of hydrogen-bond donors (Lipinski definition) is 14. The molecular formula is C44H70O23. The van der Waals surface area contributed by atoms with Crippen LogP contribution in [0.15, 0.2) is 12.2 Å². The van der Waals surface area contributed by atoms with E-state index in [4.69, 9.17) is 37.9 Å². The summed E-state index contributed by atoms with van der Waals surface area (Å²) < 4.78 is 48.2. The molecule has 4 saturated carbocycles. The van der Waals surface area contributed by atoms with Gasteiger partial charge in [0.2, 0.25) is 6.29 Å². The Hall–Kier alpha value is -1.63. The van der Waals surface area contributed by atoms with E-state index in [0.717, 1.165) is 6.42 Å². The van der Waals surface area contributed by atoms with Gasteiger partial charge in [-0.2, -0.15) is 0 Å². The minimum atomic E-state index is -1.95. The summed E-state index contributed by atoms with van der Waals surface area (Å²) in [4.78, 5) is 14.3. The van der Waals surface area contributed by atoms with Crippen molar-refractivity contribution in [1.29, 1.82) is 0 Å². The zero-order valence-corrected chi connectivity index (χ0v) is 37.5. The molecule has 0 radical (unpaired) electrons. The summed E-state index contributed by atoms with van der Waals surface area (Å²) in [7, 11) is 0. The van der Waals surface area contributed by atoms with Crippen LogP contribution in [0.25, 0.3) is 0 Å². The Balaban J connectivity index is 1.06. The molecule has 8 rings (SSSR count). The first kappa shape index (κ1) is 51.7. The fourth-order valence-corrected chi connectivity index (χ4v) is 13.5. The monoisotopic (exact) mass is 966 g/mol. The number of carbonyl (C=O) groups is 1. The Labute approximate surface area is 386 Å². The molecule has 4 aliphatic carbocycles. The average molecular weight is 967 g/mol. The van der Waals surface area contributed by atoms with Gasteiger partial charge in [-0.1, -0.05) is 19.9 Å². The molecule has 2 unspecified atom stereocenters. The molecule has 1 spiro atoms. The van der Waals surface area contributed by atoms with Gasteiger partial charge >= 0.3 is 5.97 Å². The van der Waals surface area contributed by atoms with Crippen LogP contribution < -0.4 is 0 Å². The summed E-state index contributed by atoms with van der Waals surface area (Å²) in [6, 6.07) is 0. The Morgan fingerprint density at radius 1 is 0.567 bits per heavy atom. The largest absolute Gasteiger partial charge is 0.432 e. The summed E-state index contributed by atoms with van der Waals surface area (Å²) >= 11 is 0. The third-order valence-corrected chi connectivity index (χ3v) is 17.1. The van der Waals surface area contributed by atoms with E-state index in [1.54, 1.807) is 0 Å². The molecule has 23 heteroatoms. The predicted molar refractivity (Wildman–Crippen MR) is 219 cm³/mol.